The first-order valence-electron chi connectivity index (χ1n) is 5.99. The zero-order valence-electron chi connectivity index (χ0n) is 10.7. The quantitative estimate of drug-likeness (QED) is 0.861. The molecule has 2 rings (SSSR count). The molecule has 0 spiro atoms. The SMILES string of the molecule is CCOC(=O)C(O)c1c(Cl)cc2c(c1C)OCCO2. The summed E-state index contributed by atoms with van der Waals surface area (Å²) in [6.07, 6.45) is -1.43. The molecule has 1 unspecified atom stereocenters. The average molecular weight is 287 g/mol. The lowest BCUT2D eigenvalue weighted by Gasteiger charge is -2.24. The number of carbonyl (C=O) groups is 1. The van der Waals surface area contributed by atoms with Crippen LogP contribution in [0.3, 0.4) is 0 Å². The van der Waals surface area contributed by atoms with E-state index in [4.69, 9.17) is 25.8 Å². The third-order valence-electron chi connectivity index (χ3n) is 2.85. The van der Waals surface area contributed by atoms with E-state index < -0.39 is 12.1 Å². The number of fused-ring (bicyclic) bond motifs is 1. The molecule has 1 aromatic carbocycles. The number of aliphatic hydroxyl groups excluding tert-OH is 1. The monoisotopic (exact) mass is 286 g/mol. The van der Waals surface area contributed by atoms with Gasteiger partial charge in [0.25, 0.3) is 0 Å². The Balaban J connectivity index is 2.43. The van der Waals surface area contributed by atoms with Crippen LogP contribution in [-0.4, -0.2) is 30.9 Å². The Morgan fingerprint density at radius 3 is 2.89 bits per heavy atom. The summed E-state index contributed by atoms with van der Waals surface area (Å²) in [4.78, 5) is 11.6. The van der Waals surface area contributed by atoms with Crippen molar-refractivity contribution in [3.05, 3.63) is 22.2 Å². The molecule has 0 aliphatic carbocycles. The molecule has 0 saturated heterocycles. The highest BCUT2D eigenvalue weighted by molar-refractivity contribution is 6.32. The summed E-state index contributed by atoms with van der Waals surface area (Å²) in [7, 11) is 0. The summed E-state index contributed by atoms with van der Waals surface area (Å²) in [5.41, 5.74) is 0.882. The molecule has 1 N–H and O–H groups in total. The van der Waals surface area contributed by atoms with Crippen LogP contribution >= 0.6 is 11.6 Å². The highest BCUT2D eigenvalue weighted by atomic mass is 35.5. The molecule has 1 aromatic rings. The Kier molecular flexibility index (Phi) is 4.17. The Morgan fingerprint density at radius 2 is 2.21 bits per heavy atom. The minimum absolute atomic E-state index is 0.192. The molecule has 0 aromatic heterocycles. The predicted molar refractivity (Wildman–Crippen MR) is 68.8 cm³/mol. The number of benzene rings is 1. The van der Waals surface area contributed by atoms with E-state index in [9.17, 15) is 9.90 Å². The number of rotatable bonds is 3. The maximum absolute atomic E-state index is 11.6. The van der Waals surface area contributed by atoms with E-state index in [0.29, 0.717) is 35.8 Å². The van der Waals surface area contributed by atoms with Crippen molar-refractivity contribution in [1.29, 1.82) is 0 Å². The lowest BCUT2D eigenvalue weighted by Crippen LogP contribution is -2.20. The van der Waals surface area contributed by atoms with E-state index in [2.05, 4.69) is 0 Å². The van der Waals surface area contributed by atoms with Gasteiger partial charge in [0.2, 0.25) is 0 Å². The van der Waals surface area contributed by atoms with Crippen molar-refractivity contribution >= 4 is 17.6 Å². The van der Waals surface area contributed by atoms with Gasteiger partial charge in [-0.3, -0.25) is 0 Å². The fraction of sp³-hybridized carbons (Fsp3) is 0.462. The van der Waals surface area contributed by atoms with E-state index in [0.717, 1.165) is 0 Å². The Morgan fingerprint density at radius 1 is 1.53 bits per heavy atom. The van der Waals surface area contributed by atoms with Gasteiger partial charge in [0.1, 0.15) is 13.2 Å². The maximum Gasteiger partial charge on any atom is 0.339 e. The second kappa shape index (κ2) is 5.67. The van der Waals surface area contributed by atoms with Gasteiger partial charge >= 0.3 is 5.97 Å². The van der Waals surface area contributed by atoms with Crippen molar-refractivity contribution in [2.24, 2.45) is 0 Å². The zero-order chi connectivity index (χ0) is 14.0. The van der Waals surface area contributed by atoms with Gasteiger partial charge in [0, 0.05) is 17.2 Å². The number of hydrogen-bond acceptors (Lipinski definition) is 5. The largest absolute Gasteiger partial charge is 0.486 e. The molecule has 104 valence electrons. The summed E-state index contributed by atoms with van der Waals surface area (Å²) in [6.45, 7) is 4.45. The number of hydrogen-bond donors (Lipinski definition) is 1. The van der Waals surface area contributed by atoms with Crippen LogP contribution in [0.25, 0.3) is 0 Å². The molecule has 1 aliphatic rings. The third-order valence-corrected chi connectivity index (χ3v) is 3.17. The molecule has 6 heteroatoms. The average Bonchev–Trinajstić information content (AvgIpc) is 2.38. The van der Waals surface area contributed by atoms with Gasteiger partial charge in [-0.2, -0.15) is 0 Å². The van der Waals surface area contributed by atoms with Crippen molar-refractivity contribution < 1.29 is 24.1 Å². The van der Waals surface area contributed by atoms with Gasteiger partial charge in [-0.15, -0.1) is 0 Å². The van der Waals surface area contributed by atoms with Gasteiger partial charge in [0.05, 0.1) is 11.6 Å². The van der Waals surface area contributed by atoms with E-state index in [1.54, 1.807) is 19.9 Å². The molecule has 19 heavy (non-hydrogen) atoms. The van der Waals surface area contributed by atoms with Crippen molar-refractivity contribution in [1.82, 2.24) is 0 Å². The van der Waals surface area contributed by atoms with E-state index in [1.807, 2.05) is 0 Å². The highest BCUT2D eigenvalue weighted by Gasteiger charge is 2.28. The number of ether oxygens (including phenoxy) is 3. The number of esters is 1. The molecule has 0 radical (unpaired) electrons. The minimum Gasteiger partial charge on any atom is -0.486 e. The Labute approximate surface area is 116 Å². The van der Waals surface area contributed by atoms with Crippen molar-refractivity contribution in [3.63, 3.8) is 0 Å². The van der Waals surface area contributed by atoms with E-state index >= 15 is 0 Å². The molecule has 1 aliphatic heterocycles. The summed E-state index contributed by atoms with van der Waals surface area (Å²) < 4.78 is 15.7. The second-order valence-electron chi connectivity index (χ2n) is 4.08. The second-order valence-corrected chi connectivity index (χ2v) is 4.48. The van der Waals surface area contributed by atoms with E-state index in [-0.39, 0.29) is 11.6 Å². The maximum atomic E-state index is 11.6. The molecule has 0 fully saturated rings. The molecule has 0 saturated carbocycles. The van der Waals surface area contributed by atoms with Crippen LogP contribution in [0.2, 0.25) is 5.02 Å². The van der Waals surface area contributed by atoms with Crippen molar-refractivity contribution in [2.45, 2.75) is 20.0 Å². The molecule has 1 heterocycles. The standard InChI is InChI=1S/C13H15ClO5/c1-3-17-13(16)11(15)10-7(2)12-9(6-8(10)14)18-4-5-19-12/h6,11,15H,3-5H2,1-2H3. The fourth-order valence-corrected chi connectivity index (χ4v) is 2.35. The number of halogens is 1. The first-order valence-corrected chi connectivity index (χ1v) is 6.37. The van der Waals surface area contributed by atoms with Crippen LogP contribution in [0.15, 0.2) is 6.07 Å². The van der Waals surface area contributed by atoms with Gasteiger partial charge in [-0.25, -0.2) is 4.79 Å². The van der Waals surface area contributed by atoms with Crippen LogP contribution in [-0.2, 0) is 9.53 Å². The van der Waals surface area contributed by atoms with Crippen LogP contribution in [0.5, 0.6) is 11.5 Å². The molecule has 0 amide bonds. The Hall–Kier alpha value is -1.46. The summed E-state index contributed by atoms with van der Waals surface area (Å²) in [5.74, 6) is 0.298. The van der Waals surface area contributed by atoms with Gasteiger partial charge < -0.3 is 19.3 Å². The van der Waals surface area contributed by atoms with Crippen LogP contribution in [0, 0.1) is 6.92 Å². The zero-order valence-corrected chi connectivity index (χ0v) is 11.5. The lowest BCUT2D eigenvalue weighted by atomic mass is 10.0. The molecular formula is C13H15ClO5. The van der Waals surface area contributed by atoms with Gasteiger partial charge in [-0.05, 0) is 13.8 Å². The third kappa shape index (κ3) is 2.62. The number of carbonyl (C=O) groups excluding carboxylic acids is 1. The van der Waals surface area contributed by atoms with E-state index in [1.165, 1.54) is 0 Å². The predicted octanol–water partition coefficient (Wildman–Crippen LogP) is 2.02. The first-order chi connectivity index (χ1) is 9.06. The van der Waals surface area contributed by atoms with Crippen LogP contribution in [0.4, 0.5) is 0 Å². The highest BCUT2D eigenvalue weighted by Crippen LogP contribution is 2.42. The van der Waals surface area contributed by atoms with Crippen LogP contribution < -0.4 is 9.47 Å². The first kappa shape index (κ1) is 14.0. The van der Waals surface area contributed by atoms with Crippen LogP contribution in [0.1, 0.15) is 24.2 Å². The molecule has 1 atom stereocenters. The van der Waals surface area contributed by atoms with Gasteiger partial charge in [-0.1, -0.05) is 11.6 Å². The summed E-state index contributed by atoms with van der Waals surface area (Å²) in [6, 6.07) is 1.54. The molecule has 5 nitrogen and oxygen atoms in total. The smallest absolute Gasteiger partial charge is 0.339 e. The minimum atomic E-state index is -1.43. The fourth-order valence-electron chi connectivity index (χ4n) is 2.00. The van der Waals surface area contributed by atoms with Gasteiger partial charge in [0.15, 0.2) is 17.6 Å². The van der Waals surface area contributed by atoms with Crippen molar-refractivity contribution in [2.75, 3.05) is 19.8 Å². The Bertz CT molecular complexity index is 500. The number of aliphatic hydroxyl groups is 1. The molecular weight excluding hydrogens is 272 g/mol. The van der Waals surface area contributed by atoms with Crippen molar-refractivity contribution in [3.8, 4) is 11.5 Å². The normalized spacial score (nSPS) is 14.9. The lowest BCUT2D eigenvalue weighted by molar-refractivity contribution is -0.153. The molecule has 0 bridgehead atoms. The topological polar surface area (TPSA) is 65.0 Å². The summed E-state index contributed by atoms with van der Waals surface area (Å²) in [5, 5.41) is 10.3. The summed E-state index contributed by atoms with van der Waals surface area (Å²) >= 11 is 6.10.